The number of nitrogens with zero attached hydrogens (tertiary/aromatic N) is 1. The van der Waals surface area contributed by atoms with E-state index in [0.29, 0.717) is 25.1 Å². The van der Waals surface area contributed by atoms with E-state index >= 15 is 0 Å². The van der Waals surface area contributed by atoms with Crippen molar-refractivity contribution in [2.75, 3.05) is 13.2 Å². The van der Waals surface area contributed by atoms with Crippen LogP contribution in [0.1, 0.15) is 49.4 Å². The Morgan fingerprint density at radius 2 is 2.18 bits per heavy atom. The van der Waals surface area contributed by atoms with E-state index in [1.807, 2.05) is 12.1 Å². The van der Waals surface area contributed by atoms with Crippen molar-refractivity contribution in [2.24, 2.45) is 0 Å². The summed E-state index contributed by atoms with van der Waals surface area (Å²) in [5, 5.41) is 0. The van der Waals surface area contributed by atoms with Crippen molar-refractivity contribution in [3.05, 3.63) is 34.3 Å². The predicted octanol–water partition coefficient (Wildman–Crippen LogP) is 3.79. The third-order valence-corrected chi connectivity index (χ3v) is 4.34. The minimum absolute atomic E-state index is 0.102. The number of esters is 1. The highest BCUT2D eigenvalue weighted by molar-refractivity contribution is 9.10. The van der Waals surface area contributed by atoms with E-state index < -0.39 is 6.04 Å². The molecule has 1 aromatic rings. The van der Waals surface area contributed by atoms with Crippen LogP contribution in [0.15, 0.2) is 28.7 Å². The van der Waals surface area contributed by atoms with Crippen LogP contribution in [0.4, 0.5) is 0 Å². The lowest BCUT2D eigenvalue weighted by atomic mass is 10.1. The van der Waals surface area contributed by atoms with Crippen LogP contribution < -0.4 is 0 Å². The predicted molar refractivity (Wildman–Crippen MR) is 88.7 cm³/mol. The number of likely N-dealkylation sites (tertiary alicyclic amines) is 1. The molecule has 22 heavy (non-hydrogen) atoms. The Labute approximate surface area is 140 Å². The van der Waals surface area contributed by atoms with Crippen LogP contribution in [0.25, 0.3) is 0 Å². The molecular formula is C17H22BrNO3. The fourth-order valence-corrected chi connectivity index (χ4v) is 3.06. The lowest BCUT2D eigenvalue weighted by Gasteiger charge is -2.23. The summed E-state index contributed by atoms with van der Waals surface area (Å²) in [6.07, 6.45) is 4.56. The minimum Gasteiger partial charge on any atom is -0.464 e. The molecule has 0 aromatic heterocycles. The molecule has 1 aromatic carbocycles. The quantitative estimate of drug-likeness (QED) is 0.567. The van der Waals surface area contributed by atoms with Gasteiger partial charge in [0.1, 0.15) is 6.04 Å². The molecule has 1 fully saturated rings. The van der Waals surface area contributed by atoms with E-state index in [1.54, 1.807) is 17.0 Å². The molecule has 1 aliphatic heterocycles. The Kier molecular flexibility index (Phi) is 6.43. The molecule has 2 rings (SSSR count). The van der Waals surface area contributed by atoms with Crippen molar-refractivity contribution >= 4 is 27.8 Å². The van der Waals surface area contributed by atoms with Crippen LogP contribution in [-0.2, 0) is 9.53 Å². The van der Waals surface area contributed by atoms with E-state index in [9.17, 15) is 9.59 Å². The van der Waals surface area contributed by atoms with Gasteiger partial charge in [0.15, 0.2) is 0 Å². The molecule has 1 heterocycles. The second kappa shape index (κ2) is 8.32. The summed E-state index contributed by atoms with van der Waals surface area (Å²) in [5.41, 5.74) is 0.597. The number of unbranched alkanes of at least 4 members (excludes halogenated alkanes) is 2. The normalized spacial score (nSPS) is 17.5. The largest absolute Gasteiger partial charge is 0.464 e. The minimum atomic E-state index is -0.437. The number of carbonyl (C=O) groups excluding carboxylic acids is 2. The van der Waals surface area contributed by atoms with Gasteiger partial charge in [-0.2, -0.15) is 0 Å². The van der Waals surface area contributed by atoms with Crippen molar-refractivity contribution in [3.63, 3.8) is 0 Å². The number of hydrogen-bond acceptors (Lipinski definition) is 3. The molecule has 0 spiro atoms. The molecule has 1 aliphatic rings. The number of halogens is 1. The van der Waals surface area contributed by atoms with Crippen molar-refractivity contribution < 1.29 is 14.3 Å². The van der Waals surface area contributed by atoms with Crippen LogP contribution in [0.5, 0.6) is 0 Å². The lowest BCUT2D eigenvalue weighted by Crippen LogP contribution is -2.41. The first-order chi connectivity index (χ1) is 10.6. The summed E-state index contributed by atoms with van der Waals surface area (Å²) in [6, 6.07) is 6.82. The second-order valence-corrected chi connectivity index (χ2v) is 6.46. The van der Waals surface area contributed by atoms with Crippen molar-refractivity contribution in [1.82, 2.24) is 4.90 Å². The van der Waals surface area contributed by atoms with E-state index in [2.05, 4.69) is 22.9 Å². The smallest absolute Gasteiger partial charge is 0.328 e. The van der Waals surface area contributed by atoms with Gasteiger partial charge in [0.25, 0.3) is 5.91 Å². The molecule has 1 saturated heterocycles. The number of ether oxygens (including phenoxy) is 1. The topological polar surface area (TPSA) is 46.6 Å². The van der Waals surface area contributed by atoms with Gasteiger partial charge in [0.2, 0.25) is 0 Å². The van der Waals surface area contributed by atoms with Gasteiger partial charge in [-0.25, -0.2) is 4.79 Å². The van der Waals surface area contributed by atoms with Crippen LogP contribution in [-0.4, -0.2) is 36.0 Å². The molecule has 1 atom stereocenters. The zero-order chi connectivity index (χ0) is 15.9. The van der Waals surface area contributed by atoms with Gasteiger partial charge in [-0.3, -0.25) is 4.79 Å². The molecule has 5 heteroatoms. The monoisotopic (exact) mass is 367 g/mol. The zero-order valence-corrected chi connectivity index (χ0v) is 14.5. The number of benzene rings is 1. The fraction of sp³-hybridized carbons (Fsp3) is 0.529. The first kappa shape index (κ1) is 17.0. The molecule has 0 N–H and O–H groups in total. The number of rotatable bonds is 6. The molecule has 4 nitrogen and oxygen atoms in total. The van der Waals surface area contributed by atoms with Crippen LogP contribution in [0.2, 0.25) is 0 Å². The third kappa shape index (κ3) is 4.32. The van der Waals surface area contributed by atoms with Gasteiger partial charge in [-0.15, -0.1) is 0 Å². The Hall–Kier alpha value is -1.36. The van der Waals surface area contributed by atoms with Crippen LogP contribution in [0, 0.1) is 0 Å². The van der Waals surface area contributed by atoms with Crippen molar-refractivity contribution in [2.45, 2.75) is 45.1 Å². The Morgan fingerprint density at radius 1 is 1.36 bits per heavy atom. The van der Waals surface area contributed by atoms with Crippen LogP contribution in [0.3, 0.4) is 0 Å². The molecule has 0 saturated carbocycles. The highest BCUT2D eigenvalue weighted by Gasteiger charge is 2.35. The highest BCUT2D eigenvalue weighted by atomic mass is 79.9. The van der Waals surface area contributed by atoms with Gasteiger partial charge in [-0.1, -0.05) is 41.8 Å². The first-order valence-electron chi connectivity index (χ1n) is 7.86. The number of hydrogen-bond donors (Lipinski definition) is 0. The average molecular weight is 368 g/mol. The van der Waals surface area contributed by atoms with E-state index in [1.165, 1.54) is 0 Å². The van der Waals surface area contributed by atoms with Gasteiger partial charge >= 0.3 is 5.97 Å². The maximum atomic E-state index is 12.6. The SMILES string of the molecule is CCCCCOC(=O)C1CCCN1C(=O)c1cccc(Br)c1. The Morgan fingerprint density at radius 3 is 2.91 bits per heavy atom. The molecule has 1 unspecified atom stereocenters. The van der Waals surface area contributed by atoms with E-state index in [4.69, 9.17) is 4.74 Å². The number of amides is 1. The van der Waals surface area contributed by atoms with Crippen molar-refractivity contribution in [3.8, 4) is 0 Å². The Bertz CT molecular complexity index is 532. The first-order valence-corrected chi connectivity index (χ1v) is 8.66. The fourth-order valence-electron chi connectivity index (χ4n) is 2.66. The summed E-state index contributed by atoms with van der Waals surface area (Å²) in [5.74, 6) is -0.369. The molecule has 0 aliphatic carbocycles. The zero-order valence-electron chi connectivity index (χ0n) is 12.9. The second-order valence-electron chi connectivity index (χ2n) is 5.54. The van der Waals surface area contributed by atoms with Crippen molar-refractivity contribution in [1.29, 1.82) is 0 Å². The van der Waals surface area contributed by atoms with Gasteiger partial charge in [0, 0.05) is 16.6 Å². The molecule has 1 amide bonds. The summed E-state index contributed by atoms with van der Waals surface area (Å²) in [7, 11) is 0. The van der Waals surface area contributed by atoms with Gasteiger partial charge < -0.3 is 9.64 Å². The molecule has 120 valence electrons. The third-order valence-electron chi connectivity index (χ3n) is 3.85. The molecular weight excluding hydrogens is 346 g/mol. The maximum absolute atomic E-state index is 12.6. The Balaban J connectivity index is 1.97. The van der Waals surface area contributed by atoms with E-state index in [-0.39, 0.29) is 11.9 Å². The highest BCUT2D eigenvalue weighted by Crippen LogP contribution is 2.22. The summed E-state index contributed by atoms with van der Waals surface area (Å²) in [6.45, 7) is 3.17. The van der Waals surface area contributed by atoms with Gasteiger partial charge in [0.05, 0.1) is 6.61 Å². The summed E-state index contributed by atoms with van der Waals surface area (Å²) < 4.78 is 6.18. The maximum Gasteiger partial charge on any atom is 0.328 e. The summed E-state index contributed by atoms with van der Waals surface area (Å²) in [4.78, 5) is 26.4. The lowest BCUT2D eigenvalue weighted by molar-refractivity contribution is -0.148. The van der Waals surface area contributed by atoms with Crippen LogP contribution >= 0.6 is 15.9 Å². The molecule has 0 radical (unpaired) electrons. The van der Waals surface area contributed by atoms with Gasteiger partial charge in [-0.05, 0) is 37.5 Å². The standard InChI is InChI=1S/C17H22BrNO3/c1-2-3-4-11-22-17(21)15-9-6-10-19(15)16(20)13-7-5-8-14(18)12-13/h5,7-8,12,15H,2-4,6,9-11H2,1H3. The average Bonchev–Trinajstić information content (AvgIpc) is 3.00. The number of carbonyl (C=O) groups is 2. The summed E-state index contributed by atoms with van der Waals surface area (Å²) >= 11 is 3.37. The van der Waals surface area contributed by atoms with E-state index in [0.717, 1.165) is 30.2 Å². The molecule has 0 bridgehead atoms.